The second-order valence-electron chi connectivity index (χ2n) is 3.73. The Morgan fingerprint density at radius 3 is 2.78 bits per heavy atom. The van der Waals surface area contributed by atoms with Crippen molar-refractivity contribution in [2.45, 2.75) is 12.3 Å². The molecule has 18 heavy (non-hydrogen) atoms. The minimum atomic E-state index is -0.403. The van der Waals surface area contributed by atoms with E-state index in [1.54, 1.807) is 6.07 Å². The number of rotatable bonds is 3. The largest absolute Gasteiger partial charge is 0.310 e. The van der Waals surface area contributed by atoms with Crippen LogP contribution in [0, 0.1) is 5.82 Å². The average molecular weight is 287 g/mol. The van der Waals surface area contributed by atoms with Crippen molar-refractivity contribution >= 4 is 23.2 Å². The van der Waals surface area contributed by atoms with Gasteiger partial charge in [-0.05, 0) is 17.7 Å². The minimum Gasteiger partial charge on any atom is -0.310 e. The Labute approximate surface area is 113 Å². The molecule has 0 spiro atoms. The molecule has 1 heterocycles. The van der Waals surface area contributed by atoms with E-state index in [9.17, 15) is 9.18 Å². The van der Waals surface area contributed by atoms with Crippen LogP contribution in [0.5, 0.6) is 0 Å². The number of nitrogens with one attached hydrogen (secondary N) is 1. The van der Waals surface area contributed by atoms with Crippen molar-refractivity contribution in [1.29, 1.82) is 0 Å². The molecular formula is C12H9Cl2FN2O. The van der Waals surface area contributed by atoms with Crippen LogP contribution in [-0.2, 0) is 12.3 Å². The lowest BCUT2D eigenvalue weighted by molar-refractivity contribution is 0.627. The molecule has 94 valence electrons. The predicted octanol–water partition coefficient (Wildman–Crippen LogP) is 2.89. The van der Waals surface area contributed by atoms with Gasteiger partial charge in [0.25, 0.3) is 5.56 Å². The van der Waals surface area contributed by atoms with Gasteiger partial charge in [0.1, 0.15) is 11.6 Å². The molecule has 0 bridgehead atoms. The molecule has 0 saturated heterocycles. The molecule has 2 aromatic rings. The molecule has 0 atom stereocenters. The molecule has 0 aliphatic heterocycles. The SMILES string of the molecule is O=c1cc(CCl)nc(Cc2ccc(F)cc2Cl)[nH]1. The van der Waals surface area contributed by atoms with Crippen LogP contribution in [0.1, 0.15) is 17.1 Å². The van der Waals surface area contributed by atoms with Crippen LogP contribution in [0.25, 0.3) is 0 Å². The summed E-state index contributed by atoms with van der Waals surface area (Å²) in [6, 6.07) is 5.43. The van der Waals surface area contributed by atoms with E-state index in [2.05, 4.69) is 9.97 Å². The van der Waals surface area contributed by atoms with Gasteiger partial charge < -0.3 is 4.98 Å². The molecule has 0 radical (unpaired) electrons. The lowest BCUT2D eigenvalue weighted by atomic mass is 10.1. The van der Waals surface area contributed by atoms with Crippen LogP contribution in [0.3, 0.4) is 0 Å². The van der Waals surface area contributed by atoms with E-state index in [0.717, 1.165) is 0 Å². The first kappa shape index (κ1) is 13.1. The molecule has 1 aromatic heterocycles. The van der Waals surface area contributed by atoms with E-state index in [4.69, 9.17) is 23.2 Å². The maximum absolute atomic E-state index is 12.9. The maximum atomic E-state index is 12.9. The molecular weight excluding hydrogens is 278 g/mol. The molecule has 0 saturated carbocycles. The van der Waals surface area contributed by atoms with Crippen molar-refractivity contribution < 1.29 is 4.39 Å². The first-order valence-electron chi connectivity index (χ1n) is 5.17. The summed E-state index contributed by atoms with van der Waals surface area (Å²) in [5.74, 6) is 0.208. The van der Waals surface area contributed by atoms with Gasteiger partial charge in [-0.2, -0.15) is 0 Å². The molecule has 1 N–H and O–H groups in total. The molecule has 6 heteroatoms. The zero-order valence-electron chi connectivity index (χ0n) is 9.21. The number of nitrogens with zero attached hydrogens (tertiary/aromatic N) is 1. The summed E-state index contributed by atoms with van der Waals surface area (Å²) in [6.07, 6.45) is 0.319. The lowest BCUT2D eigenvalue weighted by Gasteiger charge is -2.05. The second-order valence-corrected chi connectivity index (χ2v) is 4.40. The highest BCUT2D eigenvalue weighted by Crippen LogP contribution is 2.19. The van der Waals surface area contributed by atoms with Crippen molar-refractivity contribution in [3.63, 3.8) is 0 Å². The molecule has 2 rings (SSSR count). The quantitative estimate of drug-likeness (QED) is 0.882. The fourth-order valence-electron chi connectivity index (χ4n) is 1.56. The van der Waals surface area contributed by atoms with E-state index in [-0.39, 0.29) is 11.4 Å². The number of halogens is 3. The monoisotopic (exact) mass is 286 g/mol. The molecule has 0 amide bonds. The number of H-pyrrole nitrogens is 1. The fourth-order valence-corrected chi connectivity index (χ4v) is 1.93. The second kappa shape index (κ2) is 5.50. The molecule has 1 aromatic carbocycles. The van der Waals surface area contributed by atoms with E-state index >= 15 is 0 Å². The van der Waals surface area contributed by atoms with Crippen LogP contribution in [0.2, 0.25) is 5.02 Å². The van der Waals surface area contributed by atoms with E-state index in [1.807, 2.05) is 0 Å². The molecule has 0 fully saturated rings. The third kappa shape index (κ3) is 3.09. The number of aromatic nitrogens is 2. The summed E-state index contributed by atoms with van der Waals surface area (Å²) in [5.41, 5.74) is 0.912. The predicted molar refractivity (Wildman–Crippen MR) is 68.6 cm³/mol. The smallest absolute Gasteiger partial charge is 0.251 e. The normalized spacial score (nSPS) is 10.6. The van der Waals surface area contributed by atoms with Gasteiger partial charge in [-0.15, -0.1) is 11.6 Å². The van der Waals surface area contributed by atoms with Gasteiger partial charge in [0.15, 0.2) is 0 Å². The molecule has 0 aliphatic carbocycles. The Morgan fingerprint density at radius 2 is 2.11 bits per heavy atom. The van der Waals surface area contributed by atoms with Crippen LogP contribution in [0.15, 0.2) is 29.1 Å². The van der Waals surface area contributed by atoms with Crippen molar-refractivity contribution in [3.05, 3.63) is 62.5 Å². The van der Waals surface area contributed by atoms with Crippen LogP contribution in [0.4, 0.5) is 4.39 Å². The minimum absolute atomic E-state index is 0.161. The Morgan fingerprint density at radius 1 is 1.33 bits per heavy atom. The third-order valence-corrected chi connectivity index (χ3v) is 2.98. The molecule has 3 nitrogen and oxygen atoms in total. The summed E-state index contributed by atoms with van der Waals surface area (Å²) < 4.78 is 12.9. The first-order chi connectivity index (χ1) is 8.58. The number of alkyl halides is 1. The van der Waals surface area contributed by atoms with E-state index in [0.29, 0.717) is 28.5 Å². The van der Waals surface area contributed by atoms with Crippen LogP contribution < -0.4 is 5.56 Å². The summed E-state index contributed by atoms with van der Waals surface area (Å²) in [4.78, 5) is 18.1. The van der Waals surface area contributed by atoms with E-state index < -0.39 is 5.82 Å². The zero-order chi connectivity index (χ0) is 13.1. The summed E-state index contributed by atoms with van der Waals surface area (Å²) in [6.45, 7) is 0. The van der Waals surface area contributed by atoms with Gasteiger partial charge in [-0.1, -0.05) is 17.7 Å². The van der Waals surface area contributed by atoms with Gasteiger partial charge in [-0.25, -0.2) is 9.37 Å². The number of hydrogen-bond donors (Lipinski definition) is 1. The van der Waals surface area contributed by atoms with Gasteiger partial charge in [0.2, 0.25) is 0 Å². The van der Waals surface area contributed by atoms with Crippen molar-refractivity contribution in [1.82, 2.24) is 9.97 Å². The summed E-state index contributed by atoms with van der Waals surface area (Å²) >= 11 is 11.5. The topological polar surface area (TPSA) is 45.8 Å². The van der Waals surface area contributed by atoms with Gasteiger partial charge in [0.05, 0.1) is 11.6 Å². The molecule has 0 unspecified atom stereocenters. The Kier molecular flexibility index (Phi) is 3.99. The maximum Gasteiger partial charge on any atom is 0.251 e. The molecule has 0 aliphatic rings. The standard InChI is InChI=1S/C12H9Cl2FN2O/c13-6-9-5-12(18)17-11(16-9)3-7-1-2-8(15)4-10(7)14/h1-2,4-5H,3,6H2,(H,16,17,18). The average Bonchev–Trinajstić information content (AvgIpc) is 2.32. The zero-order valence-corrected chi connectivity index (χ0v) is 10.7. The van der Waals surface area contributed by atoms with Gasteiger partial charge >= 0.3 is 0 Å². The van der Waals surface area contributed by atoms with E-state index in [1.165, 1.54) is 18.2 Å². The summed E-state index contributed by atoms with van der Waals surface area (Å²) in [5, 5.41) is 0.300. The number of aromatic amines is 1. The van der Waals surface area contributed by atoms with Crippen LogP contribution >= 0.6 is 23.2 Å². The fraction of sp³-hybridized carbons (Fsp3) is 0.167. The highest BCUT2D eigenvalue weighted by Gasteiger charge is 2.06. The first-order valence-corrected chi connectivity index (χ1v) is 6.09. The van der Waals surface area contributed by atoms with Gasteiger partial charge in [0, 0.05) is 17.5 Å². The van der Waals surface area contributed by atoms with Crippen molar-refractivity contribution in [3.8, 4) is 0 Å². The van der Waals surface area contributed by atoms with Crippen molar-refractivity contribution in [2.75, 3.05) is 0 Å². The Bertz CT molecular complexity index is 628. The lowest BCUT2D eigenvalue weighted by Crippen LogP contribution is -2.12. The Balaban J connectivity index is 2.33. The number of benzene rings is 1. The highest BCUT2D eigenvalue weighted by atomic mass is 35.5. The highest BCUT2D eigenvalue weighted by molar-refractivity contribution is 6.31. The van der Waals surface area contributed by atoms with Crippen LogP contribution in [-0.4, -0.2) is 9.97 Å². The Hall–Kier alpha value is -1.39. The van der Waals surface area contributed by atoms with Gasteiger partial charge in [-0.3, -0.25) is 4.79 Å². The van der Waals surface area contributed by atoms with Crippen molar-refractivity contribution in [2.24, 2.45) is 0 Å². The number of hydrogen-bond acceptors (Lipinski definition) is 2. The third-order valence-electron chi connectivity index (χ3n) is 2.35. The summed E-state index contributed by atoms with van der Waals surface area (Å²) in [7, 11) is 0.